The van der Waals surface area contributed by atoms with Crippen LogP contribution in [-0.2, 0) is 13.6 Å². The maximum absolute atomic E-state index is 12.3. The Bertz CT molecular complexity index is 630. The van der Waals surface area contributed by atoms with Crippen LogP contribution in [0.3, 0.4) is 0 Å². The summed E-state index contributed by atoms with van der Waals surface area (Å²) in [6, 6.07) is 0.310. The zero-order valence-electron chi connectivity index (χ0n) is 13.3. The number of nitrogen functional groups attached to an aromatic ring is 1. The van der Waals surface area contributed by atoms with Gasteiger partial charge >= 0.3 is 5.69 Å². The van der Waals surface area contributed by atoms with Crippen molar-refractivity contribution < 1.29 is 0 Å². The summed E-state index contributed by atoms with van der Waals surface area (Å²) in [4.78, 5) is 24.5. The topological polar surface area (TPSA) is 82.0 Å². The highest BCUT2D eigenvalue weighted by Crippen LogP contribution is 2.37. The van der Waals surface area contributed by atoms with E-state index in [1.165, 1.54) is 11.6 Å². The van der Waals surface area contributed by atoms with Crippen molar-refractivity contribution in [2.24, 2.45) is 18.9 Å². The molecule has 3 N–H and O–H groups in total. The van der Waals surface area contributed by atoms with Gasteiger partial charge in [-0.1, -0.05) is 27.2 Å². The van der Waals surface area contributed by atoms with Crippen LogP contribution in [0.2, 0.25) is 0 Å². The maximum Gasteiger partial charge on any atom is 0.332 e. The van der Waals surface area contributed by atoms with Crippen LogP contribution in [0.4, 0.5) is 11.5 Å². The van der Waals surface area contributed by atoms with E-state index in [1.807, 2.05) is 13.8 Å². The number of rotatable bonds is 6. The molecule has 2 rings (SSSR count). The minimum atomic E-state index is -0.349. The number of hydrogen-bond donors (Lipinski definition) is 2. The number of nitrogens with zero attached hydrogens (tertiary/aromatic N) is 2. The molecule has 0 radical (unpaired) electrons. The van der Waals surface area contributed by atoms with Crippen molar-refractivity contribution in [1.82, 2.24) is 9.13 Å². The third-order valence-corrected chi connectivity index (χ3v) is 4.04. The Morgan fingerprint density at radius 1 is 1.38 bits per heavy atom. The molecule has 1 saturated carbocycles. The van der Waals surface area contributed by atoms with Gasteiger partial charge in [0.05, 0.1) is 0 Å². The third-order valence-electron chi connectivity index (χ3n) is 4.04. The molecule has 0 amide bonds. The smallest absolute Gasteiger partial charge is 0.332 e. The molecule has 118 valence electrons. The highest BCUT2D eigenvalue weighted by atomic mass is 16.2. The Hall–Kier alpha value is -1.72. The van der Waals surface area contributed by atoms with Crippen LogP contribution >= 0.6 is 0 Å². The molecular weight excluding hydrogens is 268 g/mol. The molecule has 6 heteroatoms. The fourth-order valence-corrected chi connectivity index (χ4v) is 2.76. The number of hydrogen-bond acceptors (Lipinski definition) is 4. The molecule has 1 aromatic heterocycles. The summed E-state index contributed by atoms with van der Waals surface area (Å²) < 4.78 is 2.63. The fourth-order valence-electron chi connectivity index (χ4n) is 2.76. The van der Waals surface area contributed by atoms with Crippen molar-refractivity contribution in [3.63, 3.8) is 0 Å². The molecule has 2 atom stereocenters. The standard InChI is InChI=1S/C15H26N4O2/c1-5-6-10-7-11(10)17-12-13(16)19(8-9(2)3)15(21)18(4)14(12)20/h9-11,17H,5-8,16H2,1-4H3. The predicted molar refractivity (Wildman–Crippen MR) is 85.6 cm³/mol. The van der Waals surface area contributed by atoms with E-state index in [0.29, 0.717) is 24.2 Å². The molecule has 1 heterocycles. The Morgan fingerprint density at radius 2 is 2.05 bits per heavy atom. The van der Waals surface area contributed by atoms with Gasteiger partial charge in [-0.3, -0.25) is 13.9 Å². The monoisotopic (exact) mass is 294 g/mol. The highest BCUT2D eigenvalue weighted by molar-refractivity contribution is 5.61. The fraction of sp³-hybridized carbons (Fsp3) is 0.733. The maximum atomic E-state index is 12.3. The number of aromatic nitrogens is 2. The van der Waals surface area contributed by atoms with Gasteiger partial charge < -0.3 is 11.1 Å². The molecule has 1 aromatic rings. The summed E-state index contributed by atoms with van der Waals surface area (Å²) in [5.74, 6) is 1.16. The molecule has 0 spiro atoms. The van der Waals surface area contributed by atoms with E-state index in [-0.39, 0.29) is 23.0 Å². The van der Waals surface area contributed by atoms with Crippen LogP contribution in [-0.4, -0.2) is 15.2 Å². The normalized spacial score (nSPS) is 20.8. The molecule has 1 aliphatic rings. The molecule has 1 aliphatic carbocycles. The van der Waals surface area contributed by atoms with E-state index >= 15 is 0 Å². The molecule has 1 fully saturated rings. The molecule has 0 saturated heterocycles. The first-order valence-corrected chi connectivity index (χ1v) is 7.72. The van der Waals surface area contributed by atoms with Crippen LogP contribution in [0.25, 0.3) is 0 Å². The van der Waals surface area contributed by atoms with Gasteiger partial charge in [-0.05, 0) is 24.7 Å². The van der Waals surface area contributed by atoms with Crippen LogP contribution < -0.4 is 22.3 Å². The van der Waals surface area contributed by atoms with Gasteiger partial charge in [-0.25, -0.2) is 4.79 Å². The summed E-state index contributed by atoms with van der Waals surface area (Å²) in [6.07, 6.45) is 3.37. The van der Waals surface area contributed by atoms with Gasteiger partial charge in [-0.15, -0.1) is 0 Å². The first-order chi connectivity index (χ1) is 9.86. The Kier molecular flexibility index (Phi) is 4.44. The van der Waals surface area contributed by atoms with E-state index < -0.39 is 0 Å². The highest BCUT2D eigenvalue weighted by Gasteiger charge is 2.37. The largest absolute Gasteiger partial charge is 0.383 e. The molecule has 0 bridgehead atoms. The number of anilines is 2. The van der Waals surface area contributed by atoms with E-state index in [0.717, 1.165) is 23.8 Å². The van der Waals surface area contributed by atoms with Gasteiger partial charge in [0.15, 0.2) is 0 Å². The second kappa shape index (κ2) is 5.95. The summed E-state index contributed by atoms with van der Waals surface area (Å²) in [5, 5.41) is 3.25. The summed E-state index contributed by atoms with van der Waals surface area (Å²) >= 11 is 0. The number of nitrogens with two attached hydrogens (primary N) is 1. The molecule has 6 nitrogen and oxygen atoms in total. The van der Waals surface area contributed by atoms with Crippen molar-refractivity contribution in [2.45, 2.75) is 52.6 Å². The van der Waals surface area contributed by atoms with Crippen LogP contribution in [0.5, 0.6) is 0 Å². The van der Waals surface area contributed by atoms with E-state index in [2.05, 4.69) is 12.2 Å². The van der Waals surface area contributed by atoms with Crippen molar-refractivity contribution in [2.75, 3.05) is 11.1 Å². The summed E-state index contributed by atoms with van der Waals surface area (Å²) in [7, 11) is 1.50. The minimum absolute atomic E-state index is 0.263. The Labute approximate surface area is 125 Å². The predicted octanol–water partition coefficient (Wildman–Crippen LogP) is 1.39. The quantitative estimate of drug-likeness (QED) is 0.830. The minimum Gasteiger partial charge on any atom is -0.383 e. The third kappa shape index (κ3) is 3.14. The Morgan fingerprint density at radius 3 is 2.62 bits per heavy atom. The second-order valence-electron chi connectivity index (χ2n) is 6.45. The van der Waals surface area contributed by atoms with Gasteiger partial charge in [0.2, 0.25) is 0 Å². The van der Waals surface area contributed by atoms with E-state index in [9.17, 15) is 9.59 Å². The zero-order valence-corrected chi connectivity index (χ0v) is 13.3. The van der Waals surface area contributed by atoms with Crippen LogP contribution in [0.1, 0.15) is 40.0 Å². The lowest BCUT2D eigenvalue weighted by Crippen LogP contribution is -2.41. The first kappa shape index (κ1) is 15.7. The van der Waals surface area contributed by atoms with Crippen molar-refractivity contribution in [1.29, 1.82) is 0 Å². The molecule has 0 aromatic carbocycles. The lowest BCUT2D eigenvalue weighted by molar-refractivity contribution is 0.494. The van der Waals surface area contributed by atoms with Crippen molar-refractivity contribution in [3.8, 4) is 0 Å². The van der Waals surface area contributed by atoms with Crippen LogP contribution in [0, 0.1) is 11.8 Å². The molecular formula is C15H26N4O2. The van der Waals surface area contributed by atoms with Gasteiger partial charge in [0, 0.05) is 19.6 Å². The molecule has 2 unspecified atom stereocenters. The second-order valence-corrected chi connectivity index (χ2v) is 6.45. The summed E-state index contributed by atoms with van der Waals surface area (Å²) in [5.41, 5.74) is 5.78. The molecule has 0 aliphatic heterocycles. The number of nitrogens with one attached hydrogen (secondary N) is 1. The van der Waals surface area contributed by atoms with Crippen molar-refractivity contribution in [3.05, 3.63) is 20.8 Å². The lowest BCUT2D eigenvalue weighted by Gasteiger charge is -2.17. The SMILES string of the molecule is CCCC1CC1Nc1c(N)n(CC(C)C)c(=O)n(C)c1=O. The van der Waals surface area contributed by atoms with E-state index in [4.69, 9.17) is 5.73 Å². The van der Waals surface area contributed by atoms with Gasteiger partial charge in [-0.2, -0.15) is 0 Å². The van der Waals surface area contributed by atoms with Gasteiger partial charge in [0.25, 0.3) is 5.56 Å². The average molecular weight is 294 g/mol. The average Bonchev–Trinajstić information content (AvgIpc) is 3.16. The lowest BCUT2D eigenvalue weighted by atomic mass is 10.2. The zero-order chi connectivity index (χ0) is 15.7. The Balaban J connectivity index is 2.35. The van der Waals surface area contributed by atoms with Crippen LogP contribution in [0.15, 0.2) is 9.59 Å². The molecule has 21 heavy (non-hydrogen) atoms. The van der Waals surface area contributed by atoms with E-state index in [1.54, 1.807) is 0 Å². The van der Waals surface area contributed by atoms with Gasteiger partial charge in [0.1, 0.15) is 11.5 Å². The first-order valence-electron chi connectivity index (χ1n) is 7.72. The summed E-state index contributed by atoms with van der Waals surface area (Å²) in [6.45, 7) is 6.70. The van der Waals surface area contributed by atoms with Crippen molar-refractivity contribution >= 4 is 11.5 Å².